The third-order valence-corrected chi connectivity index (χ3v) is 9.02. The number of rotatable bonds is 9. The predicted molar refractivity (Wildman–Crippen MR) is 135 cm³/mol. The van der Waals surface area contributed by atoms with Crippen LogP contribution in [0.4, 0.5) is 0 Å². The number of nitrogens with zero attached hydrogens (tertiary/aromatic N) is 2. The van der Waals surface area contributed by atoms with Crippen molar-refractivity contribution in [2.24, 2.45) is 5.92 Å². The maximum atomic E-state index is 13.4. The molecule has 4 rings (SSSR count). The van der Waals surface area contributed by atoms with Crippen LogP contribution in [0.2, 0.25) is 0 Å². The van der Waals surface area contributed by atoms with Crippen LogP contribution < -0.4 is 20.2 Å². The van der Waals surface area contributed by atoms with Crippen molar-refractivity contribution in [1.82, 2.24) is 14.9 Å². The van der Waals surface area contributed by atoms with Gasteiger partial charge in [-0.05, 0) is 43.4 Å². The van der Waals surface area contributed by atoms with Gasteiger partial charge in [-0.2, -0.15) is 4.31 Å². The second-order valence-corrected chi connectivity index (χ2v) is 11.7. The number of carbonyl (C=O) groups is 3. The summed E-state index contributed by atoms with van der Waals surface area (Å²) in [4.78, 5) is 44.3. The second kappa shape index (κ2) is 12.5. The van der Waals surface area contributed by atoms with Gasteiger partial charge >= 0.3 is 15.0 Å². The van der Waals surface area contributed by atoms with Gasteiger partial charge in [0.1, 0.15) is 13.2 Å². The van der Waals surface area contributed by atoms with Crippen molar-refractivity contribution in [1.29, 1.82) is 0 Å². The lowest BCUT2D eigenvalue weighted by atomic mass is 9.84. The Balaban J connectivity index is 1.45. The standard InChI is InChI=1S/C26H34N4O7S/c1-36-30-15-6-5-13-24(30)38(34,35)29-14-7-11-20(22(31)18-29)27-25(32)21(17-19-9-3-2-4-10-19)28-26(33)23-12-8-16-37-23/h5-6,8,12-13,15-16,19-21H,2-4,7,9-11,14,17-18H2,1H3,(H-,27,28,32,33)/p+1/t20?,21-/m0/s1. The number of furan rings is 1. The highest BCUT2D eigenvalue weighted by Gasteiger charge is 2.39. The van der Waals surface area contributed by atoms with Gasteiger partial charge in [0.15, 0.2) is 11.5 Å². The molecule has 2 atom stereocenters. The monoisotopic (exact) mass is 547 g/mol. The zero-order valence-corrected chi connectivity index (χ0v) is 22.3. The molecule has 2 N–H and O–H groups in total. The van der Waals surface area contributed by atoms with E-state index in [0.29, 0.717) is 18.8 Å². The number of amides is 2. The van der Waals surface area contributed by atoms with Crippen molar-refractivity contribution in [2.75, 3.05) is 20.2 Å². The molecule has 3 heterocycles. The number of carbonyl (C=O) groups excluding carboxylic acids is 3. The summed E-state index contributed by atoms with van der Waals surface area (Å²) in [5.74, 6) is -0.962. The van der Waals surface area contributed by atoms with Crippen molar-refractivity contribution < 1.29 is 36.8 Å². The average Bonchev–Trinajstić information content (AvgIpc) is 3.40. The van der Waals surface area contributed by atoms with E-state index in [2.05, 4.69) is 10.6 Å². The molecule has 0 spiro atoms. The SMILES string of the molecule is CO[n+]1ccccc1S(=O)(=O)N1CCCC(NC(=O)[C@H](CC2CCCCC2)NC(=O)c2ccco2)C(=O)C1. The smallest absolute Gasteiger partial charge is 0.362 e. The molecule has 2 aliphatic rings. The lowest BCUT2D eigenvalue weighted by Gasteiger charge is -2.27. The molecule has 0 aromatic carbocycles. The summed E-state index contributed by atoms with van der Waals surface area (Å²) in [5, 5.41) is 5.48. The first-order chi connectivity index (χ1) is 18.3. The third kappa shape index (κ3) is 6.60. The van der Waals surface area contributed by atoms with Crippen molar-refractivity contribution in [3.63, 3.8) is 0 Å². The van der Waals surface area contributed by atoms with Crippen LogP contribution in [0.15, 0.2) is 52.2 Å². The Kier molecular flexibility index (Phi) is 9.16. The molecule has 0 bridgehead atoms. The van der Waals surface area contributed by atoms with E-state index in [-0.39, 0.29) is 30.3 Å². The van der Waals surface area contributed by atoms with Crippen LogP contribution in [0.5, 0.6) is 0 Å². The fourth-order valence-electron chi connectivity index (χ4n) is 5.15. The average molecular weight is 548 g/mol. The molecule has 1 aliphatic carbocycles. The number of pyridine rings is 1. The molecule has 12 heteroatoms. The minimum absolute atomic E-state index is 0.0917. The van der Waals surface area contributed by atoms with E-state index in [1.54, 1.807) is 18.2 Å². The van der Waals surface area contributed by atoms with Crippen LogP contribution in [0.1, 0.15) is 61.9 Å². The second-order valence-electron chi connectivity index (χ2n) is 9.80. The first kappa shape index (κ1) is 27.8. The predicted octanol–water partition coefficient (Wildman–Crippen LogP) is 1.23. The molecule has 1 aliphatic heterocycles. The molecule has 1 saturated carbocycles. The van der Waals surface area contributed by atoms with Gasteiger partial charge in [0.05, 0.1) is 18.8 Å². The van der Waals surface area contributed by atoms with Crippen LogP contribution in [-0.4, -0.2) is 62.6 Å². The number of hydrogen-bond donors (Lipinski definition) is 2. The number of Topliss-reactive ketones (excluding diaryl/α,β-unsaturated/α-hetero) is 1. The fraction of sp³-hybridized carbons (Fsp3) is 0.538. The highest BCUT2D eigenvalue weighted by atomic mass is 32.2. The van der Waals surface area contributed by atoms with E-state index >= 15 is 0 Å². The molecule has 2 amide bonds. The maximum Gasteiger partial charge on any atom is 0.362 e. The van der Waals surface area contributed by atoms with E-state index in [1.807, 2.05) is 0 Å². The van der Waals surface area contributed by atoms with E-state index < -0.39 is 39.7 Å². The number of hydrogen-bond acceptors (Lipinski definition) is 7. The van der Waals surface area contributed by atoms with Crippen LogP contribution in [0, 0.1) is 5.92 Å². The van der Waals surface area contributed by atoms with Crippen LogP contribution in [0.3, 0.4) is 0 Å². The molecule has 1 unspecified atom stereocenters. The molecule has 2 aromatic heterocycles. The Hall–Kier alpha value is -3.25. The maximum absolute atomic E-state index is 13.4. The Labute approximate surface area is 222 Å². The highest BCUT2D eigenvalue weighted by Crippen LogP contribution is 2.27. The number of nitrogens with one attached hydrogen (secondary N) is 2. The molecular formula is C26H35N4O7S+. The van der Waals surface area contributed by atoms with Crippen molar-refractivity contribution in [2.45, 2.75) is 68.5 Å². The van der Waals surface area contributed by atoms with Crippen molar-refractivity contribution in [3.05, 3.63) is 48.6 Å². The van der Waals surface area contributed by atoms with Crippen molar-refractivity contribution >= 4 is 27.6 Å². The molecule has 1 saturated heterocycles. The summed E-state index contributed by atoms with van der Waals surface area (Å²) in [6.45, 7) is -0.252. The largest absolute Gasteiger partial charge is 0.459 e. The zero-order chi connectivity index (χ0) is 27.1. The topological polar surface area (TPSA) is 139 Å². The number of ketones is 1. The van der Waals surface area contributed by atoms with E-state index in [1.165, 1.54) is 31.7 Å². The summed E-state index contributed by atoms with van der Waals surface area (Å²) >= 11 is 0. The summed E-state index contributed by atoms with van der Waals surface area (Å²) in [7, 11) is -2.67. The van der Waals surface area contributed by atoms with E-state index in [0.717, 1.165) is 41.1 Å². The normalized spacial score (nSPS) is 20.3. The van der Waals surface area contributed by atoms with E-state index in [9.17, 15) is 22.8 Å². The third-order valence-electron chi connectivity index (χ3n) is 7.19. The molecule has 2 fully saturated rings. The molecule has 206 valence electrons. The first-order valence-electron chi connectivity index (χ1n) is 13.0. The van der Waals surface area contributed by atoms with Gasteiger partial charge in [0.25, 0.3) is 5.91 Å². The van der Waals surface area contributed by atoms with Gasteiger partial charge in [-0.3, -0.25) is 19.2 Å². The molecule has 38 heavy (non-hydrogen) atoms. The Morgan fingerprint density at radius 2 is 1.92 bits per heavy atom. The summed E-state index contributed by atoms with van der Waals surface area (Å²) in [6, 6.07) is 6.04. The minimum Gasteiger partial charge on any atom is -0.459 e. The van der Waals surface area contributed by atoms with Gasteiger partial charge in [0.2, 0.25) is 12.1 Å². The Morgan fingerprint density at radius 3 is 2.63 bits per heavy atom. The number of aromatic nitrogens is 1. The summed E-state index contributed by atoms with van der Waals surface area (Å²) in [5.41, 5.74) is 0. The van der Waals surface area contributed by atoms with Crippen LogP contribution >= 0.6 is 0 Å². The molecule has 11 nitrogen and oxygen atoms in total. The quantitative estimate of drug-likeness (QED) is 0.450. The minimum atomic E-state index is -4.02. The van der Waals surface area contributed by atoms with Gasteiger partial charge in [0, 0.05) is 23.4 Å². The molecular weight excluding hydrogens is 512 g/mol. The Morgan fingerprint density at radius 1 is 1.13 bits per heavy atom. The lowest BCUT2D eigenvalue weighted by Crippen LogP contribution is -2.53. The summed E-state index contributed by atoms with van der Waals surface area (Å²) < 4.78 is 34.0. The van der Waals surface area contributed by atoms with E-state index in [4.69, 9.17) is 9.25 Å². The fourth-order valence-corrected chi connectivity index (χ4v) is 6.69. The van der Waals surface area contributed by atoms with Gasteiger partial charge in [-0.25, -0.2) is 8.42 Å². The highest BCUT2D eigenvalue weighted by molar-refractivity contribution is 7.89. The van der Waals surface area contributed by atoms with Crippen molar-refractivity contribution in [3.8, 4) is 0 Å². The van der Waals surface area contributed by atoms with Gasteiger partial charge < -0.3 is 15.1 Å². The zero-order valence-electron chi connectivity index (χ0n) is 21.5. The Bertz CT molecular complexity index is 1230. The van der Waals surface area contributed by atoms with Gasteiger partial charge in [-0.15, -0.1) is 0 Å². The molecule has 0 radical (unpaired) electrons. The van der Waals surface area contributed by atoms with Crippen LogP contribution in [-0.2, 0) is 19.6 Å². The van der Waals surface area contributed by atoms with Gasteiger partial charge in [-0.1, -0.05) is 32.1 Å². The van der Waals surface area contributed by atoms with Crippen LogP contribution in [0.25, 0.3) is 0 Å². The molecule has 2 aromatic rings. The first-order valence-corrected chi connectivity index (χ1v) is 14.5. The lowest BCUT2D eigenvalue weighted by molar-refractivity contribution is -0.914. The number of sulfonamides is 1. The summed E-state index contributed by atoms with van der Waals surface area (Å²) in [6.07, 6.45) is 9.28.